The van der Waals surface area contributed by atoms with Crippen LogP contribution in [0, 0.1) is 5.92 Å². The number of hydrogen-bond donors (Lipinski definition) is 2. The van der Waals surface area contributed by atoms with Gasteiger partial charge in [0.15, 0.2) is 0 Å². The molecule has 0 aliphatic heterocycles. The van der Waals surface area contributed by atoms with Crippen molar-refractivity contribution in [1.82, 2.24) is 10.6 Å². The Hall–Kier alpha value is -1.71. The van der Waals surface area contributed by atoms with Crippen LogP contribution in [0.2, 0.25) is 0 Å². The second-order valence-electron chi connectivity index (χ2n) is 5.66. The monoisotopic (exact) mass is 276 g/mol. The first kappa shape index (κ1) is 14.7. The molecule has 4 heteroatoms. The quantitative estimate of drug-likeness (QED) is 0.784. The Morgan fingerprint density at radius 3 is 2.85 bits per heavy atom. The van der Waals surface area contributed by atoms with E-state index < -0.39 is 0 Å². The number of urea groups is 1. The van der Waals surface area contributed by atoms with Gasteiger partial charge in [-0.25, -0.2) is 4.79 Å². The summed E-state index contributed by atoms with van der Waals surface area (Å²) in [6.45, 7) is 5.83. The highest BCUT2D eigenvalue weighted by molar-refractivity contribution is 5.73. The van der Waals surface area contributed by atoms with Crippen molar-refractivity contribution < 1.29 is 9.53 Å². The molecule has 0 fully saturated rings. The summed E-state index contributed by atoms with van der Waals surface area (Å²) in [5.74, 6) is 1.36. The summed E-state index contributed by atoms with van der Waals surface area (Å²) in [4.78, 5) is 11.4. The summed E-state index contributed by atoms with van der Waals surface area (Å²) in [6, 6.07) is 6.17. The van der Waals surface area contributed by atoms with Crippen molar-refractivity contribution in [2.45, 2.75) is 33.1 Å². The fourth-order valence-electron chi connectivity index (χ4n) is 2.33. The maximum Gasteiger partial charge on any atom is 0.314 e. The highest BCUT2D eigenvalue weighted by Crippen LogP contribution is 2.25. The first-order chi connectivity index (χ1) is 9.65. The van der Waals surface area contributed by atoms with Gasteiger partial charge in [-0.3, -0.25) is 0 Å². The fraction of sp³-hybridized carbons (Fsp3) is 0.562. The van der Waals surface area contributed by atoms with Crippen LogP contribution in [0.1, 0.15) is 31.4 Å². The molecule has 0 spiro atoms. The molecule has 0 atom stereocenters. The maximum absolute atomic E-state index is 11.4. The zero-order chi connectivity index (χ0) is 14.4. The van der Waals surface area contributed by atoms with Gasteiger partial charge in [-0.15, -0.1) is 0 Å². The van der Waals surface area contributed by atoms with Gasteiger partial charge in [0.05, 0.1) is 6.54 Å². The van der Waals surface area contributed by atoms with Gasteiger partial charge in [-0.05, 0) is 48.4 Å². The molecule has 0 saturated heterocycles. The summed E-state index contributed by atoms with van der Waals surface area (Å²) in [6.07, 6.45) is 3.59. The Morgan fingerprint density at radius 2 is 2.05 bits per heavy atom. The Balaban J connectivity index is 1.65. The van der Waals surface area contributed by atoms with Crippen molar-refractivity contribution in [3.63, 3.8) is 0 Å². The standard InChI is InChI=1S/C16H24N2O2/c1-12(2)11-18-16(19)17-8-9-20-15-7-6-13-4-3-5-14(13)10-15/h6-7,10,12H,3-5,8-9,11H2,1-2H3,(H2,17,18,19). The van der Waals surface area contributed by atoms with Gasteiger partial charge >= 0.3 is 6.03 Å². The Bertz CT molecular complexity index is 458. The number of aryl methyl sites for hydroxylation is 2. The number of fused-ring (bicyclic) bond motifs is 1. The molecule has 1 aliphatic rings. The molecule has 0 heterocycles. The number of hydrogen-bond acceptors (Lipinski definition) is 2. The van der Waals surface area contributed by atoms with E-state index >= 15 is 0 Å². The third-order valence-electron chi connectivity index (χ3n) is 3.40. The number of carbonyl (C=O) groups is 1. The number of rotatable bonds is 6. The number of benzene rings is 1. The van der Waals surface area contributed by atoms with Crippen LogP contribution in [-0.2, 0) is 12.8 Å². The summed E-state index contributed by atoms with van der Waals surface area (Å²) in [7, 11) is 0. The zero-order valence-electron chi connectivity index (χ0n) is 12.4. The van der Waals surface area contributed by atoms with Gasteiger partial charge in [-0.2, -0.15) is 0 Å². The van der Waals surface area contributed by atoms with Crippen LogP contribution in [0.5, 0.6) is 5.75 Å². The molecular formula is C16H24N2O2. The molecule has 1 aliphatic carbocycles. The predicted molar refractivity (Wildman–Crippen MR) is 80.2 cm³/mol. The third kappa shape index (κ3) is 4.44. The Labute approximate surface area is 120 Å². The molecule has 0 unspecified atom stereocenters. The second kappa shape index (κ2) is 7.17. The number of carbonyl (C=O) groups excluding carboxylic acids is 1. The Morgan fingerprint density at radius 1 is 1.25 bits per heavy atom. The van der Waals surface area contributed by atoms with Gasteiger partial charge in [0.1, 0.15) is 12.4 Å². The van der Waals surface area contributed by atoms with Crippen LogP contribution in [0.4, 0.5) is 4.79 Å². The van der Waals surface area contributed by atoms with Gasteiger partial charge < -0.3 is 15.4 Å². The smallest absolute Gasteiger partial charge is 0.314 e. The lowest BCUT2D eigenvalue weighted by Gasteiger charge is -2.11. The largest absolute Gasteiger partial charge is 0.492 e. The molecule has 2 amide bonds. The van der Waals surface area contributed by atoms with E-state index in [2.05, 4.69) is 36.6 Å². The van der Waals surface area contributed by atoms with Crippen molar-refractivity contribution in [2.75, 3.05) is 19.7 Å². The van der Waals surface area contributed by atoms with Crippen LogP contribution in [-0.4, -0.2) is 25.7 Å². The van der Waals surface area contributed by atoms with E-state index in [4.69, 9.17) is 4.74 Å². The molecule has 1 aromatic carbocycles. The van der Waals surface area contributed by atoms with E-state index in [1.165, 1.54) is 24.0 Å². The molecule has 0 aromatic heterocycles. The summed E-state index contributed by atoms with van der Waals surface area (Å²) < 4.78 is 5.66. The predicted octanol–water partition coefficient (Wildman–Crippen LogP) is 2.51. The van der Waals surface area contributed by atoms with Gasteiger partial charge in [0, 0.05) is 6.54 Å². The first-order valence-corrected chi connectivity index (χ1v) is 7.41. The minimum atomic E-state index is -0.128. The minimum absolute atomic E-state index is 0.128. The first-order valence-electron chi connectivity index (χ1n) is 7.41. The number of amides is 2. The van der Waals surface area contributed by atoms with Crippen molar-refractivity contribution >= 4 is 6.03 Å². The topological polar surface area (TPSA) is 50.4 Å². The third-order valence-corrected chi connectivity index (χ3v) is 3.40. The van der Waals surface area contributed by atoms with Crippen LogP contribution < -0.4 is 15.4 Å². The van der Waals surface area contributed by atoms with E-state index in [-0.39, 0.29) is 6.03 Å². The fourth-order valence-corrected chi connectivity index (χ4v) is 2.33. The number of nitrogens with one attached hydrogen (secondary N) is 2. The van der Waals surface area contributed by atoms with E-state index in [1.54, 1.807) is 0 Å². The molecule has 2 N–H and O–H groups in total. The normalized spacial score (nSPS) is 13.2. The molecule has 0 bridgehead atoms. The van der Waals surface area contributed by atoms with Gasteiger partial charge in [0.25, 0.3) is 0 Å². The van der Waals surface area contributed by atoms with Crippen LogP contribution in [0.3, 0.4) is 0 Å². The average molecular weight is 276 g/mol. The Kier molecular flexibility index (Phi) is 5.27. The lowest BCUT2D eigenvalue weighted by Crippen LogP contribution is -2.39. The lowest BCUT2D eigenvalue weighted by molar-refractivity contribution is 0.235. The van der Waals surface area contributed by atoms with Crippen molar-refractivity contribution in [3.05, 3.63) is 29.3 Å². The highest BCUT2D eigenvalue weighted by Gasteiger charge is 2.11. The molecule has 20 heavy (non-hydrogen) atoms. The second-order valence-corrected chi connectivity index (χ2v) is 5.66. The minimum Gasteiger partial charge on any atom is -0.492 e. The molecule has 4 nitrogen and oxygen atoms in total. The highest BCUT2D eigenvalue weighted by atomic mass is 16.5. The molecule has 0 saturated carbocycles. The lowest BCUT2D eigenvalue weighted by atomic mass is 10.1. The van der Waals surface area contributed by atoms with Crippen LogP contribution >= 0.6 is 0 Å². The van der Waals surface area contributed by atoms with E-state index in [0.717, 1.165) is 12.2 Å². The van der Waals surface area contributed by atoms with Crippen molar-refractivity contribution in [1.29, 1.82) is 0 Å². The van der Waals surface area contributed by atoms with E-state index in [9.17, 15) is 4.79 Å². The van der Waals surface area contributed by atoms with Crippen molar-refractivity contribution in [3.8, 4) is 5.75 Å². The van der Waals surface area contributed by atoms with E-state index in [0.29, 0.717) is 25.6 Å². The van der Waals surface area contributed by atoms with Crippen LogP contribution in [0.15, 0.2) is 18.2 Å². The van der Waals surface area contributed by atoms with Gasteiger partial charge in [-0.1, -0.05) is 19.9 Å². The van der Waals surface area contributed by atoms with Gasteiger partial charge in [0.2, 0.25) is 0 Å². The SMILES string of the molecule is CC(C)CNC(=O)NCCOc1ccc2c(c1)CCC2. The van der Waals surface area contributed by atoms with Crippen molar-refractivity contribution in [2.24, 2.45) is 5.92 Å². The molecule has 110 valence electrons. The number of ether oxygens (including phenoxy) is 1. The molecule has 1 aromatic rings. The summed E-state index contributed by atoms with van der Waals surface area (Å²) in [5, 5.41) is 5.59. The van der Waals surface area contributed by atoms with E-state index in [1.807, 2.05) is 6.07 Å². The van der Waals surface area contributed by atoms with Crippen LogP contribution in [0.25, 0.3) is 0 Å². The molecular weight excluding hydrogens is 252 g/mol. The average Bonchev–Trinajstić information content (AvgIpc) is 2.88. The maximum atomic E-state index is 11.4. The summed E-state index contributed by atoms with van der Waals surface area (Å²) >= 11 is 0. The zero-order valence-corrected chi connectivity index (χ0v) is 12.4. The summed E-state index contributed by atoms with van der Waals surface area (Å²) in [5.41, 5.74) is 2.86. The molecule has 0 radical (unpaired) electrons. The molecule has 2 rings (SSSR count).